The number of fused-ring (bicyclic) bond motifs is 1. The van der Waals surface area contributed by atoms with E-state index in [0.717, 1.165) is 31.0 Å². The fourth-order valence-electron chi connectivity index (χ4n) is 2.71. The van der Waals surface area contributed by atoms with Crippen LogP contribution >= 0.6 is 0 Å². The average molecular weight is 284 g/mol. The minimum Gasteiger partial charge on any atom is -0.356 e. The van der Waals surface area contributed by atoms with Crippen LogP contribution in [0.3, 0.4) is 0 Å². The fourth-order valence-corrected chi connectivity index (χ4v) is 2.71. The Morgan fingerprint density at radius 1 is 1.43 bits per heavy atom. The van der Waals surface area contributed by atoms with Crippen molar-refractivity contribution in [3.8, 4) is 0 Å². The summed E-state index contributed by atoms with van der Waals surface area (Å²) in [6.07, 6.45) is 2.88. The molecule has 0 saturated carbocycles. The number of hydrogen-bond donors (Lipinski definition) is 2. The molecule has 21 heavy (non-hydrogen) atoms. The van der Waals surface area contributed by atoms with Crippen LogP contribution in [0.2, 0.25) is 0 Å². The second kappa shape index (κ2) is 5.60. The highest BCUT2D eigenvalue weighted by Crippen LogP contribution is 2.18. The first kappa shape index (κ1) is 13.7. The number of carbonyl (C=O) groups excluding carboxylic acids is 1. The molecule has 2 heterocycles. The summed E-state index contributed by atoms with van der Waals surface area (Å²) in [7, 11) is 0. The van der Waals surface area contributed by atoms with Gasteiger partial charge in [0, 0.05) is 19.3 Å². The molecule has 0 radical (unpaired) electrons. The first-order valence-corrected chi connectivity index (χ1v) is 7.32. The highest BCUT2D eigenvalue weighted by Gasteiger charge is 2.18. The molecule has 1 unspecified atom stereocenters. The summed E-state index contributed by atoms with van der Waals surface area (Å²) in [6.45, 7) is 5.87. The van der Waals surface area contributed by atoms with E-state index in [2.05, 4.69) is 28.6 Å². The maximum atomic E-state index is 12.3. The normalized spacial score (nSPS) is 15.0. The van der Waals surface area contributed by atoms with E-state index in [4.69, 9.17) is 0 Å². The van der Waals surface area contributed by atoms with Gasteiger partial charge >= 0.3 is 0 Å². The van der Waals surface area contributed by atoms with Crippen LogP contribution in [0.15, 0.2) is 30.5 Å². The number of nitrogens with one attached hydrogen (secondary N) is 2. The van der Waals surface area contributed by atoms with Gasteiger partial charge in [0.15, 0.2) is 0 Å². The Bertz CT molecular complexity index is 639. The molecule has 0 aliphatic carbocycles. The summed E-state index contributed by atoms with van der Waals surface area (Å²) in [4.78, 5) is 16.7. The van der Waals surface area contributed by atoms with Crippen molar-refractivity contribution in [2.75, 3.05) is 11.9 Å². The lowest BCUT2D eigenvalue weighted by Gasteiger charge is -2.15. The van der Waals surface area contributed by atoms with E-state index in [1.807, 2.05) is 35.9 Å². The molecule has 5 heteroatoms. The van der Waals surface area contributed by atoms with Crippen LogP contribution in [0.5, 0.6) is 0 Å². The summed E-state index contributed by atoms with van der Waals surface area (Å²) < 4.78 is 2.00. The lowest BCUT2D eigenvalue weighted by molar-refractivity contribution is 0.0935. The number of imidazole rings is 1. The van der Waals surface area contributed by atoms with Crippen molar-refractivity contribution in [1.29, 1.82) is 0 Å². The molecule has 0 fully saturated rings. The molecule has 1 aromatic heterocycles. The van der Waals surface area contributed by atoms with Crippen molar-refractivity contribution < 1.29 is 4.79 Å². The van der Waals surface area contributed by atoms with E-state index in [0.29, 0.717) is 5.69 Å². The van der Waals surface area contributed by atoms with Crippen molar-refractivity contribution in [1.82, 2.24) is 14.9 Å². The third-order valence-corrected chi connectivity index (χ3v) is 3.87. The molecule has 1 aromatic carbocycles. The smallest absolute Gasteiger partial charge is 0.272 e. The zero-order valence-corrected chi connectivity index (χ0v) is 12.4. The molecule has 0 bridgehead atoms. The summed E-state index contributed by atoms with van der Waals surface area (Å²) in [6, 6.07) is 8.05. The van der Waals surface area contributed by atoms with Crippen molar-refractivity contribution in [2.24, 2.45) is 0 Å². The second-order valence-electron chi connectivity index (χ2n) is 5.48. The fraction of sp³-hybridized carbons (Fsp3) is 0.375. The van der Waals surface area contributed by atoms with Crippen molar-refractivity contribution in [3.05, 3.63) is 47.3 Å². The van der Waals surface area contributed by atoms with Crippen LogP contribution in [-0.4, -0.2) is 22.0 Å². The van der Waals surface area contributed by atoms with Gasteiger partial charge in [0.25, 0.3) is 5.91 Å². The van der Waals surface area contributed by atoms with E-state index in [-0.39, 0.29) is 11.9 Å². The third-order valence-electron chi connectivity index (χ3n) is 3.87. The lowest BCUT2D eigenvalue weighted by Crippen LogP contribution is -2.27. The monoisotopic (exact) mass is 284 g/mol. The van der Waals surface area contributed by atoms with Gasteiger partial charge in [-0.3, -0.25) is 4.79 Å². The standard InChI is InChI=1S/C16H20N4O/c1-11-6-3-4-7-13(11)12(2)18-15(21)14-10-20-9-5-8-17-16(20)19-14/h3-4,6-7,10,12H,5,8-9H2,1-2H3,(H,17,19)(H,18,21). The van der Waals surface area contributed by atoms with Gasteiger partial charge in [-0.05, 0) is 31.4 Å². The Balaban J connectivity index is 1.74. The van der Waals surface area contributed by atoms with Crippen LogP contribution in [0.1, 0.15) is 41.0 Å². The van der Waals surface area contributed by atoms with Gasteiger partial charge < -0.3 is 15.2 Å². The Labute approximate surface area is 124 Å². The maximum Gasteiger partial charge on any atom is 0.272 e. The topological polar surface area (TPSA) is 59.0 Å². The molecule has 1 aliphatic heterocycles. The zero-order chi connectivity index (χ0) is 14.8. The Kier molecular flexibility index (Phi) is 3.64. The molecular weight excluding hydrogens is 264 g/mol. The summed E-state index contributed by atoms with van der Waals surface area (Å²) in [5.41, 5.74) is 2.78. The van der Waals surface area contributed by atoms with Crippen LogP contribution in [0.4, 0.5) is 5.95 Å². The van der Waals surface area contributed by atoms with E-state index in [1.165, 1.54) is 5.56 Å². The predicted molar refractivity (Wildman–Crippen MR) is 82.4 cm³/mol. The molecule has 0 spiro atoms. The van der Waals surface area contributed by atoms with Gasteiger partial charge in [-0.1, -0.05) is 24.3 Å². The van der Waals surface area contributed by atoms with E-state index in [9.17, 15) is 4.79 Å². The highest BCUT2D eigenvalue weighted by atomic mass is 16.2. The number of aromatic nitrogens is 2. The van der Waals surface area contributed by atoms with Crippen LogP contribution in [0, 0.1) is 6.92 Å². The molecule has 5 nitrogen and oxygen atoms in total. The van der Waals surface area contributed by atoms with Gasteiger partial charge in [-0.25, -0.2) is 4.98 Å². The Hall–Kier alpha value is -2.30. The van der Waals surface area contributed by atoms with E-state index in [1.54, 1.807) is 0 Å². The molecule has 1 atom stereocenters. The first-order chi connectivity index (χ1) is 10.1. The number of aryl methyl sites for hydroxylation is 2. The number of carbonyl (C=O) groups is 1. The second-order valence-corrected chi connectivity index (χ2v) is 5.48. The van der Waals surface area contributed by atoms with E-state index >= 15 is 0 Å². The van der Waals surface area contributed by atoms with Crippen LogP contribution < -0.4 is 10.6 Å². The molecule has 1 aliphatic rings. The zero-order valence-electron chi connectivity index (χ0n) is 12.4. The highest BCUT2D eigenvalue weighted by molar-refractivity contribution is 5.92. The maximum absolute atomic E-state index is 12.3. The number of anilines is 1. The lowest BCUT2D eigenvalue weighted by atomic mass is 10.0. The summed E-state index contributed by atoms with van der Waals surface area (Å²) in [5, 5.41) is 6.22. The molecule has 3 rings (SSSR count). The van der Waals surface area contributed by atoms with Crippen LogP contribution in [0.25, 0.3) is 0 Å². The summed E-state index contributed by atoms with van der Waals surface area (Å²) >= 11 is 0. The Morgan fingerprint density at radius 3 is 3.00 bits per heavy atom. The minimum atomic E-state index is -0.130. The molecule has 1 amide bonds. The number of hydrogen-bond acceptors (Lipinski definition) is 3. The molecule has 2 N–H and O–H groups in total. The van der Waals surface area contributed by atoms with Gasteiger partial charge in [0.1, 0.15) is 5.69 Å². The molecule has 0 saturated heterocycles. The third kappa shape index (κ3) is 2.77. The first-order valence-electron chi connectivity index (χ1n) is 7.32. The predicted octanol–water partition coefficient (Wildman–Crippen LogP) is 2.50. The molecule has 2 aromatic rings. The number of nitrogens with zero attached hydrogens (tertiary/aromatic N) is 2. The average Bonchev–Trinajstić information content (AvgIpc) is 2.91. The van der Waals surface area contributed by atoms with Gasteiger partial charge in [-0.2, -0.15) is 0 Å². The van der Waals surface area contributed by atoms with Gasteiger partial charge in [-0.15, -0.1) is 0 Å². The molecular formula is C16H20N4O. The van der Waals surface area contributed by atoms with Crippen molar-refractivity contribution in [3.63, 3.8) is 0 Å². The largest absolute Gasteiger partial charge is 0.356 e. The van der Waals surface area contributed by atoms with Crippen molar-refractivity contribution >= 4 is 11.9 Å². The number of rotatable bonds is 3. The minimum absolute atomic E-state index is 0.0367. The SMILES string of the molecule is Cc1ccccc1C(C)NC(=O)c1cn2c(n1)NCCC2. The summed E-state index contributed by atoms with van der Waals surface area (Å²) in [5.74, 6) is 0.657. The van der Waals surface area contributed by atoms with Gasteiger partial charge in [0.2, 0.25) is 5.95 Å². The quantitative estimate of drug-likeness (QED) is 0.910. The van der Waals surface area contributed by atoms with E-state index < -0.39 is 0 Å². The van der Waals surface area contributed by atoms with Gasteiger partial charge in [0.05, 0.1) is 6.04 Å². The van der Waals surface area contributed by atoms with Crippen molar-refractivity contribution in [2.45, 2.75) is 32.9 Å². The molecule has 110 valence electrons. The number of amides is 1. The Morgan fingerprint density at radius 2 is 2.24 bits per heavy atom. The van der Waals surface area contributed by atoms with Crippen LogP contribution in [-0.2, 0) is 6.54 Å². The number of benzene rings is 1.